The minimum absolute atomic E-state index is 0.481. The average molecular weight is 418 g/mol. The maximum Gasteiger partial charge on any atom is 0.159 e. The van der Waals surface area contributed by atoms with Crippen molar-refractivity contribution in [3.05, 3.63) is 64.3 Å². The van der Waals surface area contributed by atoms with Crippen LogP contribution in [-0.2, 0) is 6.54 Å². The molecule has 0 atom stereocenters. The van der Waals surface area contributed by atoms with E-state index >= 15 is 0 Å². The lowest BCUT2D eigenvalue weighted by molar-refractivity contribution is 1.07. The monoisotopic (exact) mass is 418 g/mol. The Morgan fingerprint density at radius 1 is 1.04 bits per heavy atom. The zero-order valence-electron chi connectivity index (χ0n) is 12.2. The summed E-state index contributed by atoms with van der Waals surface area (Å²) in [6, 6.07) is 11.9. The number of nitrogens with one attached hydrogen (secondary N) is 2. The molecule has 4 N–H and O–H groups in total. The molecule has 0 aliphatic heterocycles. The zero-order chi connectivity index (χ0) is 16.1. The number of halogens is 1. The van der Waals surface area contributed by atoms with Gasteiger partial charge in [0.15, 0.2) is 11.6 Å². The molecule has 0 unspecified atom stereocenters. The fraction of sp³-hybridized carbons (Fsp3) is 0.0625. The molecule has 0 bridgehead atoms. The van der Waals surface area contributed by atoms with Crippen molar-refractivity contribution in [2.75, 3.05) is 16.4 Å². The van der Waals surface area contributed by atoms with Gasteiger partial charge >= 0.3 is 0 Å². The molecule has 3 rings (SSSR count). The molecule has 0 spiro atoms. The molecule has 7 heteroatoms. The Kier molecular flexibility index (Phi) is 4.86. The second-order valence-corrected chi connectivity index (χ2v) is 6.08. The molecule has 0 saturated heterocycles. The van der Waals surface area contributed by atoms with Gasteiger partial charge in [-0.25, -0.2) is 9.97 Å². The quantitative estimate of drug-likeness (QED) is 0.551. The van der Waals surface area contributed by atoms with Crippen LogP contribution in [0, 0.1) is 3.57 Å². The van der Waals surface area contributed by atoms with Crippen molar-refractivity contribution >= 4 is 45.6 Å². The molecule has 0 fully saturated rings. The fourth-order valence-corrected chi connectivity index (χ4v) is 2.35. The Labute approximate surface area is 147 Å². The first kappa shape index (κ1) is 15.5. The second kappa shape index (κ2) is 7.23. The molecule has 23 heavy (non-hydrogen) atoms. The lowest BCUT2D eigenvalue weighted by Gasteiger charge is -2.12. The summed E-state index contributed by atoms with van der Waals surface area (Å²) in [7, 11) is 0. The number of nitrogens with two attached hydrogens (primary N) is 1. The van der Waals surface area contributed by atoms with E-state index in [9.17, 15) is 0 Å². The van der Waals surface area contributed by atoms with Crippen LogP contribution in [-0.4, -0.2) is 15.0 Å². The molecule has 116 valence electrons. The highest BCUT2D eigenvalue weighted by Crippen LogP contribution is 2.26. The predicted octanol–water partition coefficient (Wildman–Crippen LogP) is 3.41. The molecule has 0 aliphatic carbocycles. The number of aromatic nitrogens is 3. The van der Waals surface area contributed by atoms with Crippen LogP contribution in [0.5, 0.6) is 0 Å². The van der Waals surface area contributed by atoms with E-state index in [1.54, 1.807) is 12.4 Å². The number of nitrogens with zero attached hydrogens (tertiary/aromatic N) is 3. The van der Waals surface area contributed by atoms with Crippen molar-refractivity contribution in [1.29, 1.82) is 0 Å². The van der Waals surface area contributed by atoms with Crippen LogP contribution in [0.4, 0.5) is 23.0 Å². The fourth-order valence-electron chi connectivity index (χ4n) is 1.99. The summed E-state index contributed by atoms with van der Waals surface area (Å²) >= 11 is 2.26. The van der Waals surface area contributed by atoms with E-state index in [2.05, 4.69) is 48.2 Å². The molecular formula is C16H15IN6. The first-order valence-corrected chi connectivity index (χ1v) is 8.06. The highest BCUT2D eigenvalue weighted by Gasteiger charge is 2.08. The van der Waals surface area contributed by atoms with Gasteiger partial charge in [-0.15, -0.1) is 0 Å². The summed E-state index contributed by atoms with van der Waals surface area (Å²) in [5.41, 5.74) is 8.62. The summed E-state index contributed by atoms with van der Waals surface area (Å²) in [5.74, 6) is 1.17. The molecule has 6 nitrogen and oxygen atoms in total. The van der Waals surface area contributed by atoms with E-state index in [0.717, 1.165) is 11.3 Å². The number of anilines is 4. The Hall–Kier alpha value is -2.42. The standard InChI is InChI=1S/C16H15IN6/c17-12-3-5-13(6-4-12)23-16-14(18)15(21-10-22-16)20-9-11-2-1-7-19-8-11/h1-8,10H,9,18H2,(H2,20,21,22,23). The maximum atomic E-state index is 6.16. The average Bonchev–Trinajstić information content (AvgIpc) is 2.58. The number of benzene rings is 1. The van der Waals surface area contributed by atoms with Crippen molar-refractivity contribution in [2.45, 2.75) is 6.54 Å². The lowest BCUT2D eigenvalue weighted by atomic mass is 10.3. The van der Waals surface area contributed by atoms with Crippen molar-refractivity contribution < 1.29 is 0 Å². The van der Waals surface area contributed by atoms with Gasteiger partial charge in [0.2, 0.25) is 0 Å². The van der Waals surface area contributed by atoms with Gasteiger partial charge in [0.1, 0.15) is 12.0 Å². The normalized spacial score (nSPS) is 10.3. The molecule has 2 aromatic heterocycles. The third kappa shape index (κ3) is 4.07. The third-order valence-corrected chi connectivity index (χ3v) is 3.89. The van der Waals surface area contributed by atoms with Crippen molar-refractivity contribution in [3.8, 4) is 0 Å². The number of nitrogen functional groups attached to an aromatic ring is 1. The van der Waals surface area contributed by atoms with E-state index < -0.39 is 0 Å². The molecular weight excluding hydrogens is 403 g/mol. The summed E-state index contributed by atoms with van der Waals surface area (Å²) in [6.07, 6.45) is 5.03. The van der Waals surface area contributed by atoms with Gasteiger partial charge in [-0.1, -0.05) is 6.07 Å². The minimum atomic E-state index is 0.481. The maximum absolute atomic E-state index is 6.16. The van der Waals surface area contributed by atoms with E-state index in [-0.39, 0.29) is 0 Å². The second-order valence-electron chi connectivity index (χ2n) is 4.83. The zero-order valence-corrected chi connectivity index (χ0v) is 14.4. The molecule has 2 heterocycles. The van der Waals surface area contributed by atoms with Gasteiger partial charge in [0, 0.05) is 28.2 Å². The van der Waals surface area contributed by atoms with Gasteiger partial charge in [-0.2, -0.15) is 0 Å². The molecule has 3 aromatic rings. The van der Waals surface area contributed by atoms with Crippen molar-refractivity contribution in [2.24, 2.45) is 0 Å². The molecule has 0 saturated carbocycles. The number of pyridine rings is 1. The molecule has 0 radical (unpaired) electrons. The Bertz CT molecular complexity index is 776. The van der Waals surface area contributed by atoms with Gasteiger partial charge in [0.05, 0.1) is 0 Å². The van der Waals surface area contributed by atoms with E-state index in [1.165, 1.54) is 9.90 Å². The Balaban J connectivity index is 1.74. The SMILES string of the molecule is Nc1c(NCc2cccnc2)ncnc1Nc1ccc(I)cc1. The van der Waals surface area contributed by atoms with Crippen LogP contribution in [0.25, 0.3) is 0 Å². The first-order chi connectivity index (χ1) is 11.2. The number of hydrogen-bond donors (Lipinski definition) is 3. The van der Waals surface area contributed by atoms with Crippen molar-refractivity contribution in [3.63, 3.8) is 0 Å². The van der Waals surface area contributed by atoms with E-state index in [4.69, 9.17) is 5.73 Å². The Morgan fingerprint density at radius 2 is 1.83 bits per heavy atom. The van der Waals surface area contributed by atoms with Crippen LogP contribution >= 0.6 is 22.6 Å². The van der Waals surface area contributed by atoms with E-state index in [0.29, 0.717) is 23.9 Å². The van der Waals surface area contributed by atoms with Gasteiger partial charge in [0.25, 0.3) is 0 Å². The molecule has 0 amide bonds. The van der Waals surface area contributed by atoms with Crippen LogP contribution in [0.2, 0.25) is 0 Å². The molecule has 0 aliphatic rings. The van der Waals surface area contributed by atoms with Crippen LogP contribution < -0.4 is 16.4 Å². The summed E-state index contributed by atoms with van der Waals surface area (Å²) < 4.78 is 1.17. The topological polar surface area (TPSA) is 88.8 Å². The first-order valence-electron chi connectivity index (χ1n) is 6.98. The highest BCUT2D eigenvalue weighted by molar-refractivity contribution is 14.1. The Morgan fingerprint density at radius 3 is 2.57 bits per heavy atom. The number of hydrogen-bond acceptors (Lipinski definition) is 6. The van der Waals surface area contributed by atoms with Gasteiger partial charge < -0.3 is 16.4 Å². The molecule has 1 aromatic carbocycles. The van der Waals surface area contributed by atoms with Gasteiger partial charge in [-0.05, 0) is 58.5 Å². The van der Waals surface area contributed by atoms with E-state index in [1.807, 2.05) is 36.4 Å². The summed E-state index contributed by atoms with van der Waals surface area (Å²) in [4.78, 5) is 12.5. The lowest BCUT2D eigenvalue weighted by Crippen LogP contribution is -2.08. The summed E-state index contributed by atoms with van der Waals surface area (Å²) in [6.45, 7) is 0.595. The van der Waals surface area contributed by atoms with Crippen LogP contribution in [0.15, 0.2) is 55.1 Å². The van der Waals surface area contributed by atoms with Crippen LogP contribution in [0.1, 0.15) is 5.56 Å². The highest BCUT2D eigenvalue weighted by atomic mass is 127. The summed E-state index contributed by atoms with van der Waals surface area (Å²) in [5, 5.41) is 6.41. The smallest absolute Gasteiger partial charge is 0.159 e. The predicted molar refractivity (Wildman–Crippen MR) is 100 cm³/mol. The third-order valence-electron chi connectivity index (χ3n) is 3.17. The van der Waals surface area contributed by atoms with Crippen molar-refractivity contribution in [1.82, 2.24) is 15.0 Å². The van der Waals surface area contributed by atoms with Gasteiger partial charge in [-0.3, -0.25) is 4.98 Å². The largest absolute Gasteiger partial charge is 0.393 e. The van der Waals surface area contributed by atoms with Crippen LogP contribution in [0.3, 0.4) is 0 Å². The minimum Gasteiger partial charge on any atom is -0.393 e. The number of rotatable bonds is 5.